The van der Waals surface area contributed by atoms with Gasteiger partial charge in [-0.3, -0.25) is 0 Å². The number of hydrogen-bond donors (Lipinski definition) is 2. The lowest BCUT2D eigenvalue weighted by atomic mass is 10.1. The third-order valence-electron chi connectivity index (χ3n) is 2.71. The molecule has 2 rings (SSSR count). The first-order valence-electron chi connectivity index (χ1n) is 5.75. The first kappa shape index (κ1) is 14.6. The second kappa shape index (κ2) is 6.07. The minimum atomic E-state index is -1.53. The van der Waals surface area contributed by atoms with E-state index in [0.717, 1.165) is 0 Å². The van der Waals surface area contributed by atoms with E-state index in [9.17, 15) is 9.00 Å². The third-order valence-corrected chi connectivity index (χ3v) is 4.06. The molecule has 0 bridgehead atoms. The topological polar surface area (TPSA) is 66.4 Å². The molecule has 1 atom stereocenters. The van der Waals surface area contributed by atoms with Gasteiger partial charge in [-0.15, -0.1) is 0 Å². The van der Waals surface area contributed by atoms with Gasteiger partial charge in [-0.05, 0) is 48.9 Å². The molecular weight excluding hydrogens is 298 g/mol. The number of nitrogens with one attached hydrogen (secondary N) is 1. The third kappa shape index (κ3) is 3.37. The highest BCUT2D eigenvalue weighted by Crippen LogP contribution is 2.18. The second-order valence-corrected chi connectivity index (χ2v) is 5.81. The fourth-order valence-electron chi connectivity index (χ4n) is 1.63. The molecule has 2 aromatic rings. The van der Waals surface area contributed by atoms with Gasteiger partial charge in [-0.2, -0.15) is 0 Å². The van der Waals surface area contributed by atoms with Crippen molar-refractivity contribution in [2.75, 3.05) is 4.72 Å². The Morgan fingerprint density at radius 3 is 2.45 bits per heavy atom. The second-order valence-electron chi connectivity index (χ2n) is 4.16. The number of aryl methyl sites for hydroxylation is 1. The molecule has 4 nitrogen and oxygen atoms in total. The van der Waals surface area contributed by atoms with E-state index >= 15 is 0 Å². The number of benzene rings is 2. The Hall–Kier alpha value is -1.85. The summed E-state index contributed by atoms with van der Waals surface area (Å²) in [5.41, 5.74) is 1.42. The van der Waals surface area contributed by atoms with Crippen LogP contribution in [0.15, 0.2) is 47.4 Å². The molecule has 20 heavy (non-hydrogen) atoms. The maximum atomic E-state index is 12.2. The Kier molecular flexibility index (Phi) is 4.42. The van der Waals surface area contributed by atoms with Crippen LogP contribution >= 0.6 is 11.6 Å². The fourth-order valence-corrected chi connectivity index (χ4v) is 2.64. The number of carboxylic acids is 1. The van der Waals surface area contributed by atoms with Gasteiger partial charge in [0.1, 0.15) is 11.0 Å². The predicted molar refractivity (Wildman–Crippen MR) is 79.6 cm³/mol. The summed E-state index contributed by atoms with van der Waals surface area (Å²) in [6.45, 7) is 1.70. The number of anilines is 1. The number of carboxylic acid groups (broad SMARTS) is 1. The summed E-state index contributed by atoms with van der Waals surface area (Å²) in [6.07, 6.45) is 0. The van der Waals surface area contributed by atoms with Crippen LogP contribution in [0.3, 0.4) is 0 Å². The molecular formula is C14H12ClNO3S. The van der Waals surface area contributed by atoms with Crippen LogP contribution in [0.2, 0.25) is 5.02 Å². The van der Waals surface area contributed by atoms with Gasteiger partial charge in [0, 0.05) is 10.7 Å². The van der Waals surface area contributed by atoms with Crippen LogP contribution in [0.4, 0.5) is 5.69 Å². The van der Waals surface area contributed by atoms with Crippen molar-refractivity contribution in [3.63, 3.8) is 0 Å². The van der Waals surface area contributed by atoms with E-state index < -0.39 is 17.0 Å². The molecule has 0 radical (unpaired) electrons. The highest BCUT2D eigenvalue weighted by Gasteiger charge is 2.11. The van der Waals surface area contributed by atoms with Crippen LogP contribution in [0.1, 0.15) is 15.9 Å². The zero-order valence-electron chi connectivity index (χ0n) is 10.6. The van der Waals surface area contributed by atoms with Crippen LogP contribution in [-0.2, 0) is 11.0 Å². The zero-order valence-corrected chi connectivity index (χ0v) is 12.2. The van der Waals surface area contributed by atoms with E-state index in [1.54, 1.807) is 43.3 Å². The molecule has 0 aromatic heterocycles. The van der Waals surface area contributed by atoms with Crippen LogP contribution in [0, 0.1) is 6.92 Å². The summed E-state index contributed by atoms with van der Waals surface area (Å²) in [5.74, 6) is -1.03. The average molecular weight is 310 g/mol. The van der Waals surface area contributed by atoms with Gasteiger partial charge in [-0.25, -0.2) is 9.00 Å². The number of rotatable bonds is 4. The van der Waals surface area contributed by atoms with Gasteiger partial charge < -0.3 is 9.83 Å². The molecule has 6 heteroatoms. The molecule has 0 saturated carbocycles. The molecule has 0 heterocycles. The SMILES string of the molecule is Cc1ccc(S(=O)Nc2ccc(Cl)cc2)cc1C(=O)O. The molecule has 104 valence electrons. The van der Waals surface area contributed by atoms with Crippen LogP contribution < -0.4 is 4.72 Å². The summed E-state index contributed by atoms with van der Waals surface area (Å²) < 4.78 is 15.0. The average Bonchev–Trinajstić information content (AvgIpc) is 2.41. The Morgan fingerprint density at radius 2 is 1.85 bits per heavy atom. The minimum absolute atomic E-state index is 0.147. The van der Waals surface area contributed by atoms with Gasteiger partial charge in [0.2, 0.25) is 0 Å². The van der Waals surface area contributed by atoms with Crippen molar-refractivity contribution in [3.8, 4) is 0 Å². The summed E-state index contributed by atoms with van der Waals surface area (Å²) in [5, 5.41) is 9.65. The Bertz CT molecular complexity index is 671. The Labute approximate surface area is 124 Å². The van der Waals surface area contributed by atoms with Crippen molar-refractivity contribution in [2.45, 2.75) is 11.8 Å². The first-order chi connectivity index (χ1) is 9.47. The largest absolute Gasteiger partial charge is 0.478 e. The smallest absolute Gasteiger partial charge is 0.335 e. The monoisotopic (exact) mass is 309 g/mol. The molecule has 0 spiro atoms. The van der Waals surface area contributed by atoms with Crippen molar-refractivity contribution < 1.29 is 14.1 Å². The van der Waals surface area contributed by atoms with Crippen molar-refractivity contribution in [3.05, 3.63) is 58.6 Å². The van der Waals surface area contributed by atoms with Crippen LogP contribution in [0.25, 0.3) is 0 Å². The molecule has 2 N–H and O–H groups in total. The Balaban J connectivity index is 2.23. The molecule has 0 aliphatic carbocycles. The number of hydrogen-bond acceptors (Lipinski definition) is 2. The summed E-state index contributed by atoms with van der Waals surface area (Å²) in [7, 11) is -1.53. The van der Waals surface area contributed by atoms with Crippen molar-refractivity contribution in [1.29, 1.82) is 0 Å². The van der Waals surface area contributed by atoms with E-state index in [1.165, 1.54) is 6.07 Å². The van der Waals surface area contributed by atoms with Gasteiger partial charge in [0.25, 0.3) is 0 Å². The van der Waals surface area contributed by atoms with Gasteiger partial charge in [0.05, 0.1) is 10.5 Å². The van der Waals surface area contributed by atoms with Gasteiger partial charge in [0.15, 0.2) is 0 Å². The highest BCUT2D eigenvalue weighted by molar-refractivity contribution is 7.86. The molecule has 0 aliphatic rings. The maximum Gasteiger partial charge on any atom is 0.335 e. The van der Waals surface area contributed by atoms with E-state index in [0.29, 0.717) is 21.2 Å². The fraction of sp³-hybridized carbons (Fsp3) is 0.0714. The van der Waals surface area contributed by atoms with Crippen molar-refractivity contribution >= 4 is 34.2 Å². The lowest BCUT2D eigenvalue weighted by Crippen LogP contribution is -2.07. The van der Waals surface area contributed by atoms with E-state index in [-0.39, 0.29) is 5.56 Å². The van der Waals surface area contributed by atoms with Crippen LogP contribution in [-0.4, -0.2) is 15.3 Å². The first-order valence-corrected chi connectivity index (χ1v) is 7.28. The molecule has 0 saturated heterocycles. The zero-order chi connectivity index (χ0) is 14.7. The number of carbonyl (C=O) groups is 1. The lowest BCUT2D eigenvalue weighted by molar-refractivity contribution is 0.0696. The van der Waals surface area contributed by atoms with E-state index in [1.807, 2.05) is 0 Å². The quantitative estimate of drug-likeness (QED) is 0.908. The van der Waals surface area contributed by atoms with Gasteiger partial charge in [-0.1, -0.05) is 17.7 Å². The molecule has 1 unspecified atom stereocenters. The summed E-state index contributed by atoms with van der Waals surface area (Å²) in [6, 6.07) is 11.5. The lowest BCUT2D eigenvalue weighted by Gasteiger charge is -2.08. The number of halogens is 1. The van der Waals surface area contributed by atoms with Crippen LogP contribution in [0.5, 0.6) is 0 Å². The summed E-state index contributed by atoms with van der Waals surface area (Å²) >= 11 is 5.77. The number of aromatic carboxylic acids is 1. The summed E-state index contributed by atoms with van der Waals surface area (Å²) in [4.78, 5) is 11.5. The standard InChI is InChI=1S/C14H12ClNO3S/c1-9-2-7-12(8-13(9)14(17)18)20(19)16-11-5-3-10(15)4-6-11/h2-8,16H,1H3,(H,17,18). The molecule has 0 amide bonds. The van der Waals surface area contributed by atoms with E-state index in [2.05, 4.69) is 4.72 Å². The molecule has 0 aliphatic heterocycles. The minimum Gasteiger partial charge on any atom is -0.478 e. The van der Waals surface area contributed by atoms with Crippen molar-refractivity contribution in [1.82, 2.24) is 0 Å². The molecule has 2 aromatic carbocycles. The maximum absolute atomic E-state index is 12.2. The van der Waals surface area contributed by atoms with Gasteiger partial charge >= 0.3 is 5.97 Å². The van der Waals surface area contributed by atoms with E-state index in [4.69, 9.17) is 16.7 Å². The highest BCUT2D eigenvalue weighted by atomic mass is 35.5. The van der Waals surface area contributed by atoms with Crippen molar-refractivity contribution in [2.24, 2.45) is 0 Å². The normalized spacial score (nSPS) is 11.9. The Morgan fingerprint density at radius 1 is 1.20 bits per heavy atom. The predicted octanol–water partition coefficient (Wildman–Crippen LogP) is 3.48. The molecule has 0 fully saturated rings.